The standard InChI is InChI=1S/C20H23F2NO2/c1-14(2)23(13-15-7-5-6-8-18(15)22)19(24)20(3,4)25-17-11-9-16(21)10-12-17/h5-12,14H,13H2,1-4H3. The third-order valence-electron chi connectivity index (χ3n) is 3.88. The van der Waals surface area contributed by atoms with Crippen LogP contribution in [0.1, 0.15) is 33.3 Å². The summed E-state index contributed by atoms with van der Waals surface area (Å²) in [5, 5.41) is 0. The highest BCUT2D eigenvalue weighted by molar-refractivity contribution is 5.85. The molecule has 25 heavy (non-hydrogen) atoms. The van der Waals surface area contributed by atoms with Crippen LogP contribution in [0.3, 0.4) is 0 Å². The summed E-state index contributed by atoms with van der Waals surface area (Å²) in [7, 11) is 0. The number of hydrogen-bond donors (Lipinski definition) is 0. The largest absolute Gasteiger partial charge is 0.478 e. The average Bonchev–Trinajstić information content (AvgIpc) is 2.55. The van der Waals surface area contributed by atoms with E-state index >= 15 is 0 Å². The Kier molecular flexibility index (Phi) is 5.77. The van der Waals surface area contributed by atoms with Gasteiger partial charge in [0.25, 0.3) is 5.91 Å². The van der Waals surface area contributed by atoms with Crippen molar-refractivity contribution < 1.29 is 18.3 Å². The summed E-state index contributed by atoms with van der Waals surface area (Å²) < 4.78 is 32.7. The zero-order chi connectivity index (χ0) is 18.6. The maximum absolute atomic E-state index is 14.0. The first-order valence-electron chi connectivity index (χ1n) is 8.20. The monoisotopic (exact) mass is 347 g/mol. The Bertz CT molecular complexity index is 727. The van der Waals surface area contributed by atoms with E-state index < -0.39 is 5.60 Å². The Morgan fingerprint density at radius 1 is 1.08 bits per heavy atom. The maximum atomic E-state index is 14.0. The van der Waals surface area contributed by atoms with Gasteiger partial charge in [-0.1, -0.05) is 18.2 Å². The van der Waals surface area contributed by atoms with Crippen molar-refractivity contribution in [3.63, 3.8) is 0 Å². The SMILES string of the molecule is CC(C)N(Cc1ccccc1F)C(=O)C(C)(C)Oc1ccc(F)cc1. The van der Waals surface area contributed by atoms with E-state index in [4.69, 9.17) is 4.74 Å². The maximum Gasteiger partial charge on any atom is 0.266 e. The number of rotatable bonds is 6. The molecule has 3 nitrogen and oxygen atoms in total. The number of carbonyl (C=O) groups is 1. The minimum Gasteiger partial charge on any atom is -0.478 e. The van der Waals surface area contributed by atoms with Crippen LogP contribution in [0.15, 0.2) is 48.5 Å². The van der Waals surface area contributed by atoms with Crippen LogP contribution in [0.5, 0.6) is 5.75 Å². The minimum atomic E-state index is -1.17. The lowest BCUT2D eigenvalue weighted by Gasteiger charge is -2.35. The molecule has 0 radical (unpaired) electrons. The molecule has 2 rings (SSSR count). The lowest BCUT2D eigenvalue weighted by Crippen LogP contribution is -2.51. The number of nitrogens with zero attached hydrogens (tertiary/aromatic N) is 1. The fourth-order valence-electron chi connectivity index (χ4n) is 2.49. The van der Waals surface area contributed by atoms with Crippen LogP contribution in [-0.2, 0) is 11.3 Å². The number of ether oxygens (including phenoxy) is 1. The second kappa shape index (κ2) is 7.64. The van der Waals surface area contributed by atoms with Gasteiger partial charge in [-0.05, 0) is 58.0 Å². The fraction of sp³-hybridized carbons (Fsp3) is 0.350. The summed E-state index contributed by atoms with van der Waals surface area (Å²) in [5.41, 5.74) is -0.727. The molecule has 0 aromatic heterocycles. The molecule has 1 amide bonds. The average molecular weight is 347 g/mol. The summed E-state index contributed by atoms with van der Waals surface area (Å²) in [6.45, 7) is 7.18. The highest BCUT2D eigenvalue weighted by Gasteiger charge is 2.35. The zero-order valence-electron chi connectivity index (χ0n) is 14.9. The molecule has 0 saturated heterocycles. The Labute approximate surface area is 147 Å². The smallest absolute Gasteiger partial charge is 0.266 e. The van der Waals surface area contributed by atoms with E-state index in [2.05, 4.69) is 0 Å². The third kappa shape index (κ3) is 4.78. The van der Waals surface area contributed by atoms with Gasteiger partial charge >= 0.3 is 0 Å². The fourth-order valence-corrected chi connectivity index (χ4v) is 2.49. The van der Waals surface area contributed by atoms with Gasteiger partial charge in [0, 0.05) is 18.2 Å². The molecule has 0 saturated carbocycles. The first-order chi connectivity index (χ1) is 11.7. The van der Waals surface area contributed by atoms with Gasteiger partial charge in [-0.15, -0.1) is 0 Å². The first-order valence-corrected chi connectivity index (χ1v) is 8.20. The number of benzene rings is 2. The van der Waals surface area contributed by atoms with Gasteiger partial charge < -0.3 is 9.64 Å². The van der Waals surface area contributed by atoms with Gasteiger partial charge in [0.2, 0.25) is 0 Å². The van der Waals surface area contributed by atoms with Crippen molar-refractivity contribution in [1.29, 1.82) is 0 Å². The van der Waals surface area contributed by atoms with E-state index in [-0.39, 0.29) is 30.1 Å². The van der Waals surface area contributed by atoms with E-state index in [1.54, 1.807) is 36.9 Å². The molecule has 0 unspecified atom stereocenters. The van der Waals surface area contributed by atoms with E-state index in [1.807, 2.05) is 13.8 Å². The molecule has 0 aliphatic heterocycles. The van der Waals surface area contributed by atoms with Crippen LogP contribution in [0.4, 0.5) is 8.78 Å². The lowest BCUT2D eigenvalue weighted by atomic mass is 10.0. The molecule has 0 aliphatic rings. The van der Waals surface area contributed by atoms with Crippen LogP contribution in [0, 0.1) is 11.6 Å². The van der Waals surface area contributed by atoms with Crippen molar-refractivity contribution in [2.24, 2.45) is 0 Å². The van der Waals surface area contributed by atoms with Crippen LogP contribution < -0.4 is 4.74 Å². The van der Waals surface area contributed by atoms with Gasteiger partial charge in [-0.3, -0.25) is 4.79 Å². The lowest BCUT2D eigenvalue weighted by molar-refractivity contribution is -0.148. The summed E-state index contributed by atoms with van der Waals surface area (Å²) in [6.07, 6.45) is 0. The van der Waals surface area contributed by atoms with E-state index in [0.717, 1.165) is 0 Å². The Balaban J connectivity index is 2.20. The number of carbonyl (C=O) groups excluding carboxylic acids is 1. The first kappa shape index (κ1) is 18.9. The van der Waals surface area contributed by atoms with Gasteiger partial charge in [-0.2, -0.15) is 0 Å². The molecule has 0 fully saturated rings. The summed E-state index contributed by atoms with van der Waals surface area (Å²) in [4.78, 5) is 14.6. The molecule has 5 heteroatoms. The number of halogens is 2. The molecular formula is C20H23F2NO2. The third-order valence-corrected chi connectivity index (χ3v) is 3.88. The van der Waals surface area contributed by atoms with Crippen molar-refractivity contribution in [1.82, 2.24) is 4.90 Å². The predicted octanol–water partition coefficient (Wildman–Crippen LogP) is 4.56. The summed E-state index contributed by atoms with van der Waals surface area (Å²) in [5.74, 6) is -0.595. The highest BCUT2D eigenvalue weighted by Crippen LogP contribution is 2.23. The van der Waals surface area contributed by atoms with Crippen molar-refractivity contribution in [3.05, 3.63) is 65.7 Å². The van der Waals surface area contributed by atoms with Gasteiger partial charge in [0.05, 0.1) is 0 Å². The molecule has 2 aromatic rings. The van der Waals surface area contributed by atoms with E-state index in [0.29, 0.717) is 11.3 Å². The molecule has 0 spiro atoms. The zero-order valence-corrected chi connectivity index (χ0v) is 14.9. The minimum absolute atomic E-state index is 0.136. The molecule has 0 bridgehead atoms. The topological polar surface area (TPSA) is 29.5 Å². The predicted molar refractivity (Wildman–Crippen MR) is 93.2 cm³/mol. The second-order valence-electron chi connectivity index (χ2n) is 6.68. The Morgan fingerprint density at radius 3 is 2.24 bits per heavy atom. The highest BCUT2D eigenvalue weighted by atomic mass is 19.1. The summed E-state index contributed by atoms with van der Waals surface area (Å²) in [6, 6.07) is 11.7. The van der Waals surface area contributed by atoms with Crippen LogP contribution in [-0.4, -0.2) is 22.4 Å². The van der Waals surface area contributed by atoms with Crippen LogP contribution in [0.25, 0.3) is 0 Å². The normalized spacial score (nSPS) is 11.5. The van der Waals surface area contributed by atoms with E-state index in [9.17, 15) is 13.6 Å². The van der Waals surface area contributed by atoms with Crippen molar-refractivity contribution in [2.45, 2.75) is 45.9 Å². The van der Waals surface area contributed by atoms with Crippen molar-refractivity contribution >= 4 is 5.91 Å². The summed E-state index contributed by atoms with van der Waals surface area (Å²) >= 11 is 0. The second-order valence-corrected chi connectivity index (χ2v) is 6.68. The van der Waals surface area contributed by atoms with Gasteiger partial charge in [0.15, 0.2) is 5.60 Å². The number of amides is 1. The van der Waals surface area contributed by atoms with Crippen molar-refractivity contribution in [2.75, 3.05) is 0 Å². The molecule has 0 aliphatic carbocycles. The van der Waals surface area contributed by atoms with Gasteiger partial charge in [0.1, 0.15) is 17.4 Å². The molecule has 0 N–H and O–H groups in total. The molecule has 0 heterocycles. The quantitative estimate of drug-likeness (QED) is 0.767. The van der Waals surface area contributed by atoms with Crippen LogP contribution >= 0.6 is 0 Å². The van der Waals surface area contributed by atoms with Crippen molar-refractivity contribution in [3.8, 4) is 5.75 Å². The van der Waals surface area contributed by atoms with E-state index in [1.165, 1.54) is 30.3 Å². The molecule has 0 atom stereocenters. The Morgan fingerprint density at radius 2 is 1.68 bits per heavy atom. The Hall–Kier alpha value is -2.43. The van der Waals surface area contributed by atoms with Crippen LogP contribution in [0.2, 0.25) is 0 Å². The van der Waals surface area contributed by atoms with Gasteiger partial charge in [-0.25, -0.2) is 8.78 Å². The molecule has 2 aromatic carbocycles. The molecule has 134 valence electrons. The molecular weight excluding hydrogens is 324 g/mol. The number of hydrogen-bond acceptors (Lipinski definition) is 2.